The Kier molecular flexibility index (Phi) is 29.3. The summed E-state index contributed by atoms with van der Waals surface area (Å²) in [6.45, 7) is 24.8. The number of rotatable bonds is 22. The number of amides is 6. The lowest BCUT2D eigenvalue weighted by Crippen LogP contribution is -2.52. The maximum atomic E-state index is 12.6. The minimum absolute atomic E-state index is 0.163. The van der Waals surface area contributed by atoms with Gasteiger partial charge in [-0.25, -0.2) is 14.4 Å². The van der Waals surface area contributed by atoms with Gasteiger partial charge in [0.1, 0.15) is 40.2 Å². The molecule has 6 aromatic carbocycles. The van der Waals surface area contributed by atoms with Gasteiger partial charge >= 0.3 is 18.1 Å². The van der Waals surface area contributed by atoms with E-state index >= 15 is 0 Å². The fourth-order valence-electron chi connectivity index (χ4n) is 15.4. The van der Waals surface area contributed by atoms with Crippen molar-refractivity contribution in [2.45, 2.75) is 173 Å². The van der Waals surface area contributed by atoms with Crippen LogP contribution in [0.1, 0.15) is 119 Å². The van der Waals surface area contributed by atoms with Crippen LogP contribution in [0.5, 0.6) is 40.2 Å². The van der Waals surface area contributed by atoms with Gasteiger partial charge in [0.25, 0.3) is 0 Å². The second-order valence-corrected chi connectivity index (χ2v) is 28.8. The summed E-state index contributed by atoms with van der Waals surface area (Å²) < 4.78 is 39.3. The molecule has 0 atom stereocenters. The number of carbonyl (C=O) groups is 3. The summed E-state index contributed by atoms with van der Waals surface area (Å²) in [6, 6.07) is 47.3. The Labute approximate surface area is 618 Å². The van der Waals surface area contributed by atoms with Crippen LogP contribution in [0.25, 0.3) is 0 Å². The molecule has 12 rings (SSSR count). The Morgan fingerprint density at radius 3 is 0.865 bits per heavy atom. The van der Waals surface area contributed by atoms with Gasteiger partial charge in [0, 0.05) is 121 Å². The summed E-state index contributed by atoms with van der Waals surface area (Å²) in [5, 5.41) is 18.2. The molecule has 6 aromatic rings. The van der Waals surface area contributed by atoms with Crippen LogP contribution in [0, 0.1) is 0 Å². The molecule has 6 aliphatic rings. The smallest absolute Gasteiger partial charge is 0.319 e. The first kappa shape index (κ1) is 77.6. The average molecular weight is 1430 g/mol. The molecule has 22 heteroatoms. The zero-order valence-electron chi connectivity index (χ0n) is 63.2. The third-order valence-corrected chi connectivity index (χ3v) is 20.7. The molecular formula is C82H116N12O10. The third kappa shape index (κ3) is 22.5. The molecule has 3 saturated carbocycles. The number of ether oxygens (including phenoxy) is 7. The quantitative estimate of drug-likeness (QED) is 0.0374. The number of anilines is 6. The zero-order chi connectivity index (χ0) is 73.3. The molecule has 6 amide bonds. The molecule has 564 valence electrons. The van der Waals surface area contributed by atoms with Gasteiger partial charge in [0.15, 0.2) is 0 Å². The van der Waals surface area contributed by atoms with Crippen molar-refractivity contribution in [1.82, 2.24) is 30.7 Å². The van der Waals surface area contributed by atoms with Gasteiger partial charge in [-0.15, -0.1) is 0 Å². The standard InChI is InChI=1S/C28H40N4O4.2C27H38N4O3/c1-20(2)36-26-8-6-5-7-25(26)32-17-15-31(16-18-32)22-11-9-21(10-12-22)29-28(33)30-24-14-13-23(34-3)19-27(24)35-4;2*1-20(2)34-26-11-7-5-9-24(26)31-18-16-30(17-19-31)22-14-12-21(13-15-22)28-27(32)29-23-8-4-6-10-25(23)33-3/h5-8,13-14,19-22H,9-12,15-18H2,1-4H3,(H2,29,30,33);2*4-11,20-22H,12-19H2,1-3H3,(H2,28,29,32). The van der Waals surface area contributed by atoms with Crippen molar-refractivity contribution in [3.8, 4) is 40.2 Å². The normalized spacial score (nSPS) is 21.0. The Morgan fingerprint density at radius 1 is 0.317 bits per heavy atom. The van der Waals surface area contributed by atoms with Crippen LogP contribution in [0.4, 0.5) is 48.5 Å². The summed E-state index contributed by atoms with van der Waals surface area (Å²) in [5.74, 6) is 5.51. The second kappa shape index (κ2) is 39.2. The SMILES string of the molecule is COc1ccc(NC(=O)NC2CCC(N3CCN(c4ccccc4OC(C)C)CC3)CC2)c(OC)c1.COc1ccccc1NC(=O)NC1CCC(N2CCN(c3ccccc3OC(C)C)CC2)CC1.COc1ccccc1NC(=O)NC1CCC(N2CCN(c3ccccc3OC(C)C)CC2)CC1. The molecule has 0 radical (unpaired) electrons. The molecule has 104 heavy (non-hydrogen) atoms. The second-order valence-electron chi connectivity index (χ2n) is 28.8. The number of piperazine rings is 3. The van der Waals surface area contributed by atoms with Crippen molar-refractivity contribution in [2.75, 3.05) is 138 Å². The lowest BCUT2D eigenvalue weighted by atomic mass is 9.90. The van der Waals surface area contributed by atoms with Crippen molar-refractivity contribution in [3.63, 3.8) is 0 Å². The van der Waals surface area contributed by atoms with E-state index in [9.17, 15) is 14.4 Å². The summed E-state index contributed by atoms with van der Waals surface area (Å²) in [5.41, 5.74) is 5.60. The highest BCUT2D eigenvalue weighted by molar-refractivity contribution is 5.92. The number of nitrogens with zero attached hydrogens (tertiary/aromatic N) is 6. The highest BCUT2D eigenvalue weighted by Crippen LogP contribution is 2.37. The predicted octanol–water partition coefficient (Wildman–Crippen LogP) is 14.2. The van der Waals surface area contributed by atoms with E-state index in [1.54, 1.807) is 46.6 Å². The van der Waals surface area contributed by atoms with Gasteiger partial charge in [0.05, 0.1) is 80.9 Å². The fraction of sp³-hybridized carbons (Fsp3) is 0.524. The molecule has 0 unspecified atom stereocenters. The van der Waals surface area contributed by atoms with Crippen molar-refractivity contribution >= 4 is 52.2 Å². The fourth-order valence-corrected chi connectivity index (χ4v) is 15.4. The first-order valence-corrected chi connectivity index (χ1v) is 38.0. The molecule has 3 saturated heterocycles. The van der Waals surface area contributed by atoms with E-state index in [0.29, 0.717) is 58.2 Å². The number of hydrogen-bond acceptors (Lipinski definition) is 16. The van der Waals surface area contributed by atoms with E-state index in [-0.39, 0.29) is 54.5 Å². The Bertz CT molecular complexity index is 3460. The van der Waals surface area contributed by atoms with Crippen LogP contribution >= 0.6 is 0 Å². The van der Waals surface area contributed by atoms with Crippen molar-refractivity contribution in [2.24, 2.45) is 0 Å². The van der Waals surface area contributed by atoms with Crippen molar-refractivity contribution in [3.05, 3.63) is 140 Å². The van der Waals surface area contributed by atoms with Crippen molar-refractivity contribution < 1.29 is 47.5 Å². The van der Waals surface area contributed by atoms with Crippen molar-refractivity contribution in [1.29, 1.82) is 0 Å². The molecule has 22 nitrogen and oxygen atoms in total. The van der Waals surface area contributed by atoms with E-state index in [1.165, 1.54) is 17.1 Å². The lowest BCUT2D eigenvalue weighted by molar-refractivity contribution is 0.137. The van der Waals surface area contributed by atoms with Crippen LogP contribution in [0.3, 0.4) is 0 Å². The molecule has 3 aliphatic heterocycles. The molecule has 0 spiro atoms. The highest BCUT2D eigenvalue weighted by atomic mass is 16.5. The maximum Gasteiger partial charge on any atom is 0.319 e. The maximum absolute atomic E-state index is 12.6. The molecular weight excluding hydrogens is 1310 g/mol. The number of hydrogen-bond donors (Lipinski definition) is 6. The molecule has 0 aromatic heterocycles. The van der Waals surface area contributed by atoms with Gasteiger partial charge in [0.2, 0.25) is 0 Å². The van der Waals surface area contributed by atoms with Crippen LogP contribution in [0.2, 0.25) is 0 Å². The van der Waals surface area contributed by atoms with E-state index in [0.717, 1.165) is 173 Å². The van der Waals surface area contributed by atoms with Crippen LogP contribution < -0.4 is 79.8 Å². The van der Waals surface area contributed by atoms with Gasteiger partial charge in [-0.2, -0.15) is 0 Å². The van der Waals surface area contributed by atoms with Crippen LogP contribution in [0.15, 0.2) is 140 Å². The van der Waals surface area contributed by atoms with E-state index in [4.69, 9.17) is 33.2 Å². The Balaban J connectivity index is 0.000000168. The predicted molar refractivity (Wildman–Crippen MR) is 418 cm³/mol. The molecule has 6 N–H and O–H groups in total. The first-order chi connectivity index (χ1) is 50.5. The van der Waals surface area contributed by atoms with E-state index < -0.39 is 0 Å². The van der Waals surface area contributed by atoms with Gasteiger partial charge in [-0.05, 0) is 191 Å². The van der Waals surface area contributed by atoms with Gasteiger partial charge in [-0.1, -0.05) is 60.7 Å². The third-order valence-electron chi connectivity index (χ3n) is 20.7. The van der Waals surface area contributed by atoms with Gasteiger partial charge in [-0.3, -0.25) is 14.7 Å². The molecule has 3 aliphatic carbocycles. The first-order valence-electron chi connectivity index (χ1n) is 38.0. The average Bonchev–Trinajstić information content (AvgIpc) is 0.836. The number of methoxy groups -OCH3 is 4. The topological polar surface area (TPSA) is 207 Å². The highest BCUT2D eigenvalue weighted by Gasteiger charge is 2.34. The molecule has 3 heterocycles. The van der Waals surface area contributed by atoms with Crippen LogP contribution in [-0.4, -0.2) is 194 Å². The van der Waals surface area contributed by atoms with E-state index in [2.05, 4.69) is 157 Å². The summed E-state index contributed by atoms with van der Waals surface area (Å²) >= 11 is 0. The monoisotopic (exact) mass is 1430 g/mol. The minimum atomic E-state index is -0.196. The van der Waals surface area contributed by atoms with Gasteiger partial charge < -0.3 is 79.8 Å². The summed E-state index contributed by atoms with van der Waals surface area (Å²) in [6.07, 6.45) is 13.2. The molecule has 0 bridgehead atoms. The minimum Gasteiger partial charge on any atom is -0.497 e. The number of para-hydroxylation sites is 10. The summed E-state index contributed by atoms with van der Waals surface area (Å²) in [4.78, 5) is 52.8. The Hall–Kier alpha value is -8.99. The number of urea groups is 3. The number of benzene rings is 6. The largest absolute Gasteiger partial charge is 0.497 e. The van der Waals surface area contributed by atoms with E-state index in [1.807, 2.05) is 66.7 Å². The zero-order valence-corrected chi connectivity index (χ0v) is 63.2. The number of carbonyl (C=O) groups excluding carboxylic acids is 3. The summed E-state index contributed by atoms with van der Waals surface area (Å²) in [7, 11) is 6.40. The lowest BCUT2D eigenvalue weighted by Gasteiger charge is -2.43. The van der Waals surface area contributed by atoms with Crippen LogP contribution in [-0.2, 0) is 0 Å². The Morgan fingerprint density at radius 2 is 0.587 bits per heavy atom. The number of nitrogens with one attached hydrogen (secondary N) is 6. The molecule has 6 fully saturated rings.